The SMILES string of the molecule is N=CCC(=Nc1ccccc1)c1nn(-c2cccc(OC(F)F)c2)ccc1=O. The van der Waals surface area contributed by atoms with E-state index >= 15 is 0 Å². The minimum atomic E-state index is -2.94. The maximum atomic E-state index is 12.4. The molecule has 0 aliphatic rings. The van der Waals surface area contributed by atoms with Crippen LogP contribution in [0.1, 0.15) is 12.1 Å². The molecule has 2 aromatic carbocycles. The van der Waals surface area contributed by atoms with Crippen LogP contribution in [0.4, 0.5) is 14.5 Å². The number of nitrogens with zero attached hydrogens (tertiary/aromatic N) is 3. The van der Waals surface area contributed by atoms with Gasteiger partial charge >= 0.3 is 6.61 Å². The molecule has 0 radical (unpaired) electrons. The maximum absolute atomic E-state index is 12.4. The van der Waals surface area contributed by atoms with E-state index in [0.717, 1.165) is 6.21 Å². The average Bonchev–Trinajstić information content (AvgIpc) is 2.68. The van der Waals surface area contributed by atoms with Gasteiger partial charge in [-0.1, -0.05) is 24.3 Å². The predicted molar refractivity (Wildman–Crippen MR) is 103 cm³/mol. The Bertz CT molecular complexity index is 1050. The molecule has 0 saturated carbocycles. The monoisotopic (exact) mass is 382 g/mol. The second-order valence-electron chi connectivity index (χ2n) is 5.65. The molecule has 142 valence electrons. The molecule has 0 fully saturated rings. The van der Waals surface area contributed by atoms with E-state index in [-0.39, 0.29) is 23.3 Å². The summed E-state index contributed by atoms with van der Waals surface area (Å²) in [7, 11) is 0. The standard InChI is InChI=1S/C20H16F2N4O2/c21-20(22)28-16-8-4-7-15(13-16)26-12-10-18(27)19(25-26)17(9-11-23)24-14-5-2-1-3-6-14/h1-8,10-13,20,23H,9H2. The zero-order valence-electron chi connectivity index (χ0n) is 14.6. The Balaban J connectivity index is 2.04. The first-order valence-corrected chi connectivity index (χ1v) is 8.34. The van der Waals surface area contributed by atoms with Gasteiger partial charge in [0.25, 0.3) is 0 Å². The molecule has 1 aromatic heterocycles. The molecule has 3 aromatic rings. The van der Waals surface area contributed by atoms with Crippen LogP contribution in [0.3, 0.4) is 0 Å². The number of ether oxygens (including phenoxy) is 1. The Morgan fingerprint density at radius 3 is 2.68 bits per heavy atom. The molecule has 0 saturated heterocycles. The molecule has 3 rings (SSSR count). The highest BCUT2D eigenvalue weighted by atomic mass is 19.3. The maximum Gasteiger partial charge on any atom is 0.387 e. The summed E-state index contributed by atoms with van der Waals surface area (Å²) in [5, 5.41) is 11.7. The van der Waals surface area contributed by atoms with Crippen molar-refractivity contribution in [2.45, 2.75) is 13.0 Å². The topological polar surface area (TPSA) is 80.3 Å². The molecule has 28 heavy (non-hydrogen) atoms. The Kier molecular flexibility index (Phi) is 6.01. The van der Waals surface area contributed by atoms with Gasteiger partial charge in [0.1, 0.15) is 5.75 Å². The van der Waals surface area contributed by atoms with Gasteiger partial charge in [0.2, 0.25) is 5.43 Å². The van der Waals surface area contributed by atoms with E-state index in [0.29, 0.717) is 17.1 Å². The molecule has 6 nitrogen and oxygen atoms in total. The van der Waals surface area contributed by atoms with Crippen molar-refractivity contribution in [3.8, 4) is 11.4 Å². The van der Waals surface area contributed by atoms with Gasteiger partial charge < -0.3 is 10.1 Å². The van der Waals surface area contributed by atoms with Crippen LogP contribution in [-0.4, -0.2) is 28.3 Å². The summed E-state index contributed by atoms with van der Waals surface area (Å²) >= 11 is 0. The number of nitrogens with one attached hydrogen (secondary N) is 1. The number of para-hydroxylation sites is 1. The number of hydrogen-bond donors (Lipinski definition) is 1. The molecule has 0 aliphatic carbocycles. The molecule has 0 unspecified atom stereocenters. The third kappa shape index (κ3) is 4.73. The number of rotatable bonds is 7. The zero-order valence-corrected chi connectivity index (χ0v) is 14.6. The minimum absolute atomic E-state index is 0.0211. The van der Waals surface area contributed by atoms with Crippen molar-refractivity contribution in [1.82, 2.24) is 9.78 Å². The van der Waals surface area contributed by atoms with Crippen LogP contribution in [0.5, 0.6) is 5.75 Å². The van der Waals surface area contributed by atoms with Crippen LogP contribution < -0.4 is 10.2 Å². The highest BCUT2D eigenvalue weighted by Crippen LogP contribution is 2.18. The van der Waals surface area contributed by atoms with Crippen molar-refractivity contribution < 1.29 is 13.5 Å². The van der Waals surface area contributed by atoms with E-state index in [1.807, 2.05) is 18.2 Å². The van der Waals surface area contributed by atoms with Gasteiger partial charge in [-0.2, -0.15) is 13.9 Å². The van der Waals surface area contributed by atoms with Crippen molar-refractivity contribution >= 4 is 17.6 Å². The summed E-state index contributed by atoms with van der Waals surface area (Å²) < 4.78 is 30.7. The molecular formula is C20H16F2N4O2. The molecular weight excluding hydrogens is 366 g/mol. The van der Waals surface area contributed by atoms with Crippen LogP contribution in [0.2, 0.25) is 0 Å². The predicted octanol–water partition coefficient (Wildman–Crippen LogP) is 3.99. The van der Waals surface area contributed by atoms with Crippen LogP contribution in [0.15, 0.2) is 76.6 Å². The molecule has 0 amide bonds. The van der Waals surface area contributed by atoms with Gasteiger partial charge in [0.05, 0.1) is 17.1 Å². The van der Waals surface area contributed by atoms with Crippen molar-refractivity contribution in [1.29, 1.82) is 5.41 Å². The van der Waals surface area contributed by atoms with Gasteiger partial charge in [0, 0.05) is 31.0 Å². The molecule has 0 atom stereocenters. The second kappa shape index (κ2) is 8.81. The Morgan fingerprint density at radius 1 is 1.18 bits per heavy atom. The van der Waals surface area contributed by atoms with Gasteiger partial charge in [-0.25, -0.2) is 4.68 Å². The smallest absolute Gasteiger partial charge is 0.387 e. The van der Waals surface area contributed by atoms with E-state index < -0.39 is 6.61 Å². The third-order valence-electron chi connectivity index (χ3n) is 3.70. The Labute approximate surface area is 159 Å². The summed E-state index contributed by atoms with van der Waals surface area (Å²) in [6.45, 7) is -2.94. The first-order chi connectivity index (χ1) is 13.6. The first-order valence-electron chi connectivity index (χ1n) is 8.34. The fourth-order valence-corrected chi connectivity index (χ4v) is 2.50. The number of benzene rings is 2. The number of aromatic nitrogens is 2. The lowest BCUT2D eigenvalue weighted by molar-refractivity contribution is -0.0498. The number of aliphatic imine (C=N–C) groups is 1. The van der Waals surface area contributed by atoms with Crippen molar-refractivity contribution in [3.63, 3.8) is 0 Å². The second-order valence-corrected chi connectivity index (χ2v) is 5.65. The fourth-order valence-electron chi connectivity index (χ4n) is 2.50. The molecule has 0 spiro atoms. The van der Waals surface area contributed by atoms with Crippen LogP contribution in [0.25, 0.3) is 5.69 Å². The van der Waals surface area contributed by atoms with Crippen molar-refractivity contribution in [2.75, 3.05) is 0 Å². The molecule has 8 heteroatoms. The Hall–Kier alpha value is -3.68. The number of hydrogen-bond acceptors (Lipinski definition) is 5. The average molecular weight is 382 g/mol. The third-order valence-corrected chi connectivity index (χ3v) is 3.70. The molecule has 1 heterocycles. The molecule has 0 aliphatic heterocycles. The van der Waals surface area contributed by atoms with E-state index in [9.17, 15) is 13.6 Å². The van der Waals surface area contributed by atoms with Gasteiger partial charge in [-0.15, -0.1) is 0 Å². The quantitative estimate of drug-likeness (QED) is 0.628. The van der Waals surface area contributed by atoms with Crippen LogP contribution >= 0.6 is 0 Å². The lowest BCUT2D eigenvalue weighted by Crippen LogP contribution is -2.21. The number of halogens is 2. The molecule has 0 bridgehead atoms. The first kappa shape index (κ1) is 19.1. The summed E-state index contributed by atoms with van der Waals surface area (Å²) in [6.07, 6.45) is 2.69. The zero-order chi connectivity index (χ0) is 19.9. The van der Waals surface area contributed by atoms with Crippen LogP contribution in [0, 0.1) is 5.41 Å². The summed E-state index contributed by atoms with van der Waals surface area (Å²) in [4.78, 5) is 16.8. The van der Waals surface area contributed by atoms with Gasteiger partial charge in [-0.05, 0) is 24.3 Å². The summed E-state index contributed by atoms with van der Waals surface area (Å²) in [6, 6.07) is 16.3. The number of alkyl halides is 2. The van der Waals surface area contributed by atoms with Gasteiger partial charge in [-0.3, -0.25) is 9.79 Å². The van der Waals surface area contributed by atoms with Crippen molar-refractivity contribution in [2.24, 2.45) is 4.99 Å². The van der Waals surface area contributed by atoms with E-state index in [4.69, 9.17) is 5.41 Å². The fraction of sp³-hybridized carbons (Fsp3) is 0.100. The van der Waals surface area contributed by atoms with Crippen LogP contribution in [-0.2, 0) is 0 Å². The van der Waals surface area contributed by atoms with Gasteiger partial charge in [0.15, 0.2) is 5.69 Å². The summed E-state index contributed by atoms with van der Waals surface area (Å²) in [5.74, 6) is -0.0211. The van der Waals surface area contributed by atoms with E-state index in [1.165, 1.54) is 29.1 Å². The highest BCUT2D eigenvalue weighted by molar-refractivity contribution is 6.06. The highest BCUT2D eigenvalue weighted by Gasteiger charge is 2.12. The summed E-state index contributed by atoms with van der Waals surface area (Å²) in [5.41, 5.74) is 1.12. The molecule has 1 N–H and O–H groups in total. The van der Waals surface area contributed by atoms with Crippen molar-refractivity contribution in [3.05, 3.63) is 82.8 Å². The Morgan fingerprint density at radius 2 is 1.96 bits per heavy atom. The van der Waals surface area contributed by atoms with E-state index in [1.54, 1.807) is 24.3 Å². The minimum Gasteiger partial charge on any atom is -0.435 e. The normalized spacial score (nSPS) is 11.5. The lowest BCUT2D eigenvalue weighted by Gasteiger charge is -2.10. The lowest BCUT2D eigenvalue weighted by atomic mass is 10.2. The largest absolute Gasteiger partial charge is 0.435 e. The van der Waals surface area contributed by atoms with E-state index in [2.05, 4.69) is 14.8 Å².